The van der Waals surface area contributed by atoms with Crippen molar-refractivity contribution in [2.24, 2.45) is 0 Å². The SMILES string of the molecule is COc1nccc(-c2nnc3ccc(Cl)nn23)n1. The van der Waals surface area contributed by atoms with E-state index in [-0.39, 0.29) is 6.01 Å². The number of hydrogen-bond acceptors (Lipinski definition) is 6. The second kappa shape index (κ2) is 4.19. The topological polar surface area (TPSA) is 78.1 Å². The van der Waals surface area contributed by atoms with E-state index in [1.54, 1.807) is 24.4 Å². The summed E-state index contributed by atoms with van der Waals surface area (Å²) in [6.07, 6.45) is 1.58. The summed E-state index contributed by atoms with van der Waals surface area (Å²) in [5.41, 5.74) is 1.15. The number of methoxy groups -OCH3 is 1. The summed E-state index contributed by atoms with van der Waals surface area (Å²) >= 11 is 5.85. The van der Waals surface area contributed by atoms with E-state index < -0.39 is 0 Å². The van der Waals surface area contributed by atoms with Gasteiger partial charge in [-0.2, -0.15) is 14.6 Å². The molecule has 0 aliphatic rings. The standard InChI is InChI=1S/C10H7ClN6O/c1-18-10-12-5-4-6(13-10)9-15-14-8-3-2-7(11)16-17(8)9/h2-5H,1H3. The van der Waals surface area contributed by atoms with Crippen LogP contribution in [0.4, 0.5) is 0 Å². The molecule has 0 amide bonds. The molecule has 3 aromatic heterocycles. The third-order valence-electron chi connectivity index (χ3n) is 2.28. The zero-order valence-corrected chi connectivity index (χ0v) is 10.0. The molecule has 7 nitrogen and oxygen atoms in total. The predicted molar refractivity (Wildman–Crippen MR) is 63.4 cm³/mol. The summed E-state index contributed by atoms with van der Waals surface area (Å²) in [7, 11) is 1.50. The van der Waals surface area contributed by atoms with E-state index in [4.69, 9.17) is 16.3 Å². The van der Waals surface area contributed by atoms with Crippen molar-refractivity contribution in [3.63, 3.8) is 0 Å². The second-order valence-electron chi connectivity index (χ2n) is 3.38. The Labute approximate surface area is 106 Å². The van der Waals surface area contributed by atoms with E-state index in [1.807, 2.05) is 0 Å². The molecule has 3 heterocycles. The van der Waals surface area contributed by atoms with Crippen LogP contribution in [-0.2, 0) is 0 Å². The smallest absolute Gasteiger partial charge is 0.316 e. The number of ether oxygens (including phenoxy) is 1. The molecule has 0 N–H and O–H groups in total. The van der Waals surface area contributed by atoms with Crippen LogP contribution in [0.3, 0.4) is 0 Å². The first-order valence-corrected chi connectivity index (χ1v) is 5.41. The number of rotatable bonds is 2. The molecule has 3 aromatic rings. The molecule has 0 aliphatic carbocycles. The molecule has 0 fully saturated rings. The summed E-state index contributed by atoms with van der Waals surface area (Å²) in [6, 6.07) is 5.33. The molecule has 0 radical (unpaired) electrons. The third-order valence-corrected chi connectivity index (χ3v) is 2.48. The van der Waals surface area contributed by atoms with Gasteiger partial charge in [0.2, 0.25) is 5.82 Å². The van der Waals surface area contributed by atoms with Crippen molar-refractivity contribution < 1.29 is 4.74 Å². The Morgan fingerprint density at radius 1 is 1.22 bits per heavy atom. The Hall–Kier alpha value is -2.28. The summed E-state index contributed by atoms with van der Waals surface area (Å²) in [6.45, 7) is 0. The van der Waals surface area contributed by atoms with Gasteiger partial charge in [0.15, 0.2) is 5.65 Å². The lowest BCUT2D eigenvalue weighted by Crippen LogP contribution is -1.98. The Bertz CT molecular complexity index is 712. The van der Waals surface area contributed by atoms with Crippen molar-refractivity contribution in [1.82, 2.24) is 29.8 Å². The summed E-state index contributed by atoms with van der Waals surface area (Å²) in [5.74, 6) is 0.480. The maximum absolute atomic E-state index is 5.85. The minimum absolute atomic E-state index is 0.256. The van der Waals surface area contributed by atoms with Gasteiger partial charge in [-0.05, 0) is 18.2 Å². The fourth-order valence-corrected chi connectivity index (χ4v) is 1.63. The molecule has 0 unspecified atom stereocenters. The highest BCUT2D eigenvalue weighted by Crippen LogP contribution is 2.17. The molecule has 0 aliphatic heterocycles. The molecule has 90 valence electrons. The fourth-order valence-electron chi connectivity index (χ4n) is 1.49. The van der Waals surface area contributed by atoms with Gasteiger partial charge in [0, 0.05) is 6.20 Å². The van der Waals surface area contributed by atoms with Crippen LogP contribution in [-0.4, -0.2) is 36.9 Å². The molecule has 0 aromatic carbocycles. The van der Waals surface area contributed by atoms with Crippen LogP contribution in [0.15, 0.2) is 24.4 Å². The van der Waals surface area contributed by atoms with Gasteiger partial charge < -0.3 is 4.74 Å². The average molecular weight is 263 g/mol. The van der Waals surface area contributed by atoms with Crippen molar-refractivity contribution >= 4 is 17.2 Å². The Morgan fingerprint density at radius 2 is 2.11 bits per heavy atom. The van der Waals surface area contributed by atoms with Gasteiger partial charge in [0.1, 0.15) is 10.8 Å². The largest absolute Gasteiger partial charge is 0.467 e. The highest BCUT2D eigenvalue weighted by atomic mass is 35.5. The summed E-state index contributed by atoms with van der Waals surface area (Å²) in [4.78, 5) is 8.10. The van der Waals surface area contributed by atoms with Crippen LogP contribution in [0.5, 0.6) is 6.01 Å². The van der Waals surface area contributed by atoms with Crippen LogP contribution in [0.1, 0.15) is 0 Å². The number of aromatic nitrogens is 6. The van der Waals surface area contributed by atoms with Crippen LogP contribution >= 0.6 is 11.6 Å². The average Bonchev–Trinajstić information content (AvgIpc) is 2.81. The monoisotopic (exact) mass is 262 g/mol. The normalized spacial score (nSPS) is 10.8. The molecule has 0 bridgehead atoms. The van der Waals surface area contributed by atoms with Gasteiger partial charge in [-0.1, -0.05) is 11.6 Å². The van der Waals surface area contributed by atoms with E-state index in [2.05, 4.69) is 25.3 Å². The highest BCUT2D eigenvalue weighted by Gasteiger charge is 2.11. The van der Waals surface area contributed by atoms with E-state index in [9.17, 15) is 0 Å². The molecule has 0 spiro atoms. The van der Waals surface area contributed by atoms with Crippen molar-refractivity contribution in [2.75, 3.05) is 7.11 Å². The van der Waals surface area contributed by atoms with Crippen LogP contribution < -0.4 is 4.74 Å². The predicted octanol–water partition coefficient (Wildman–Crippen LogP) is 1.24. The Balaban J connectivity index is 2.21. The number of hydrogen-bond donors (Lipinski definition) is 0. The van der Waals surface area contributed by atoms with Gasteiger partial charge >= 0.3 is 6.01 Å². The fraction of sp³-hybridized carbons (Fsp3) is 0.100. The van der Waals surface area contributed by atoms with Crippen LogP contribution in [0.25, 0.3) is 17.2 Å². The van der Waals surface area contributed by atoms with E-state index in [0.717, 1.165) is 0 Å². The highest BCUT2D eigenvalue weighted by molar-refractivity contribution is 6.29. The first kappa shape index (κ1) is 10.8. The quantitative estimate of drug-likeness (QED) is 0.691. The first-order chi connectivity index (χ1) is 8.78. The minimum Gasteiger partial charge on any atom is -0.467 e. The first-order valence-electron chi connectivity index (χ1n) is 5.03. The van der Waals surface area contributed by atoms with Crippen molar-refractivity contribution in [1.29, 1.82) is 0 Å². The van der Waals surface area contributed by atoms with E-state index in [0.29, 0.717) is 22.3 Å². The van der Waals surface area contributed by atoms with E-state index in [1.165, 1.54) is 11.6 Å². The lowest BCUT2D eigenvalue weighted by molar-refractivity contribution is 0.380. The zero-order chi connectivity index (χ0) is 12.5. The Kier molecular flexibility index (Phi) is 2.52. The van der Waals surface area contributed by atoms with Crippen LogP contribution in [0, 0.1) is 0 Å². The molecule has 0 atom stereocenters. The summed E-state index contributed by atoms with van der Waals surface area (Å²) < 4.78 is 6.48. The van der Waals surface area contributed by atoms with E-state index >= 15 is 0 Å². The number of fused-ring (bicyclic) bond motifs is 1. The molecule has 8 heteroatoms. The number of nitrogens with zero attached hydrogens (tertiary/aromatic N) is 6. The zero-order valence-electron chi connectivity index (χ0n) is 9.28. The molecule has 18 heavy (non-hydrogen) atoms. The molecular weight excluding hydrogens is 256 g/mol. The maximum Gasteiger partial charge on any atom is 0.316 e. The molecule has 0 saturated carbocycles. The number of halogens is 1. The van der Waals surface area contributed by atoms with Crippen molar-refractivity contribution in [3.05, 3.63) is 29.5 Å². The second-order valence-corrected chi connectivity index (χ2v) is 3.77. The van der Waals surface area contributed by atoms with Crippen LogP contribution in [0.2, 0.25) is 5.15 Å². The third kappa shape index (κ3) is 1.74. The lowest BCUT2D eigenvalue weighted by Gasteiger charge is -2.00. The van der Waals surface area contributed by atoms with Gasteiger partial charge in [-0.25, -0.2) is 4.98 Å². The molecule has 3 rings (SSSR count). The molecular formula is C10H7ClN6O. The maximum atomic E-state index is 5.85. The van der Waals surface area contributed by atoms with Crippen molar-refractivity contribution in [3.8, 4) is 17.5 Å². The van der Waals surface area contributed by atoms with Gasteiger partial charge in [-0.15, -0.1) is 10.2 Å². The van der Waals surface area contributed by atoms with Gasteiger partial charge in [0.05, 0.1) is 7.11 Å². The summed E-state index contributed by atoms with van der Waals surface area (Å²) in [5, 5.41) is 12.5. The van der Waals surface area contributed by atoms with Gasteiger partial charge in [-0.3, -0.25) is 0 Å². The Morgan fingerprint density at radius 3 is 2.94 bits per heavy atom. The molecule has 0 saturated heterocycles. The van der Waals surface area contributed by atoms with Gasteiger partial charge in [0.25, 0.3) is 0 Å². The lowest BCUT2D eigenvalue weighted by atomic mass is 10.4. The minimum atomic E-state index is 0.256. The van der Waals surface area contributed by atoms with Crippen molar-refractivity contribution in [2.45, 2.75) is 0 Å².